The van der Waals surface area contributed by atoms with E-state index in [4.69, 9.17) is 0 Å². The number of rotatable bonds is 6. The molecule has 1 aromatic heterocycles. The Bertz CT molecular complexity index is 875. The summed E-state index contributed by atoms with van der Waals surface area (Å²) < 4.78 is 14.6. The Morgan fingerprint density at radius 1 is 1.15 bits per heavy atom. The molecule has 0 fully saturated rings. The van der Waals surface area contributed by atoms with E-state index in [2.05, 4.69) is 34.5 Å². The van der Waals surface area contributed by atoms with Crippen LogP contribution in [0, 0.1) is 12.7 Å². The van der Waals surface area contributed by atoms with Gasteiger partial charge in [-0.2, -0.15) is 0 Å². The van der Waals surface area contributed by atoms with Gasteiger partial charge in [0.2, 0.25) is 5.82 Å². The van der Waals surface area contributed by atoms with Crippen molar-refractivity contribution in [3.8, 4) is 5.69 Å². The van der Waals surface area contributed by atoms with E-state index in [1.54, 1.807) is 19.1 Å². The second-order valence-electron chi connectivity index (χ2n) is 6.10. The lowest BCUT2D eigenvalue weighted by atomic mass is 9.96. The van der Waals surface area contributed by atoms with E-state index in [1.807, 2.05) is 18.2 Å². The van der Waals surface area contributed by atoms with Crippen molar-refractivity contribution in [2.75, 3.05) is 6.54 Å². The van der Waals surface area contributed by atoms with Crippen LogP contribution in [0.15, 0.2) is 54.6 Å². The number of amides is 1. The fourth-order valence-corrected chi connectivity index (χ4v) is 2.83. The smallest absolute Gasteiger partial charge is 0.291 e. The summed E-state index contributed by atoms with van der Waals surface area (Å²) >= 11 is 0. The Balaban J connectivity index is 1.70. The number of aromatic nitrogens is 3. The van der Waals surface area contributed by atoms with Gasteiger partial charge in [-0.05, 0) is 43.2 Å². The SMILES string of the molecule is CC[C@@H](CNC(=O)c1nc(C)n(-c2ccc(F)cc2)n1)c1ccccc1. The van der Waals surface area contributed by atoms with Crippen molar-refractivity contribution in [1.29, 1.82) is 0 Å². The molecule has 5 nitrogen and oxygen atoms in total. The van der Waals surface area contributed by atoms with Crippen LogP contribution in [0.2, 0.25) is 0 Å². The fraction of sp³-hybridized carbons (Fsp3) is 0.250. The van der Waals surface area contributed by atoms with Gasteiger partial charge in [0.25, 0.3) is 5.91 Å². The molecule has 0 unspecified atom stereocenters. The lowest BCUT2D eigenvalue weighted by Crippen LogP contribution is -2.29. The Morgan fingerprint density at radius 2 is 1.85 bits per heavy atom. The Morgan fingerprint density at radius 3 is 2.50 bits per heavy atom. The third-order valence-corrected chi connectivity index (χ3v) is 4.32. The van der Waals surface area contributed by atoms with Crippen molar-refractivity contribution < 1.29 is 9.18 Å². The molecule has 0 aliphatic rings. The number of hydrogen-bond donors (Lipinski definition) is 1. The van der Waals surface area contributed by atoms with Crippen LogP contribution < -0.4 is 5.32 Å². The zero-order valence-electron chi connectivity index (χ0n) is 14.8. The first-order chi connectivity index (χ1) is 12.6. The summed E-state index contributed by atoms with van der Waals surface area (Å²) in [6, 6.07) is 16.0. The molecule has 0 aliphatic carbocycles. The van der Waals surface area contributed by atoms with E-state index in [0.29, 0.717) is 18.1 Å². The van der Waals surface area contributed by atoms with Crippen LogP contribution in [0.4, 0.5) is 4.39 Å². The first-order valence-electron chi connectivity index (χ1n) is 8.61. The van der Waals surface area contributed by atoms with Crippen molar-refractivity contribution in [2.45, 2.75) is 26.2 Å². The minimum atomic E-state index is -0.323. The number of benzene rings is 2. The van der Waals surface area contributed by atoms with Crippen LogP contribution in [0.25, 0.3) is 5.69 Å². The number of aryl methyl sites for hydroxylation is 1. The van der Waals surface area contributed by atoms with Crippen molar-refractivity contribution >= 4 is 5.91 Å². The van der Waals surface area contributed by atoms with Crippen molar-refractivity contribution in [3.05, 3.63) is 77.6 Å². The maximum absolute atomic E-state index is 13.1. The molecule has 1 amide bonds. The summed E-state index contributed by atoms with van der Waals surface area (Å²) in [6.45, 7) is 4.37. The van der Waals surface area contributed by atoms with Crippen LogP contribution in [0.3, 0.4) is 0 Å². The molecule has 3 rings (SSSR count). The first-order valence-corrected chi connectivity index (χ1v) is 8.61. The molecule has 1 atom stereocenters. The highest BCUT2D eigenvalue weighted by Gasteiger charge is 2.17. The Hall–Kier alpha value is -3.02. The predicted octanol–water partition coefficient (Wildman–Crippen LogP) is 3.64. The highest BCUT2D eigenvalue weighted by atomic mass is 19.1. The van der Waals surface area contributed by atoms with Gasteiger partial charge in [0.05, 0.1) is 5.69 Å². The monoisotopic (exact) mass is 352 g/mol. The second-order valence-corrected chi connectivity index (χ2v) is 6.10. The molecule has 1 heterocycles. The van der Waals surface area contributed by atoms with E-state index in [0.717, 1.165) is 6.42 Å². The highest BCUT2D eigenvalue weighted by Crippen LogP contribution is 2.18. The molecule has 0 bridgehead atoms. The summed E-state index contributed by atoms with van der Waals surface area (Å²) in [5.41, 5.74) is 1.85. The number of carbonyl (C=O) groups is 1. The highest BCUT2D eigenvalue weighted by molar-refractivity contribution is 5.90. The number of nitrogens with zero attached hydrogens (tertiary/aromatic N) is 3. The molecule has 0 radical (unpaired) electrons. The number of carbonyl (C=O) groups excluding carboxylic acids is 1. The minimum absolute atomic E-state index is 0.106. The molecule has 26 heavy (non-hydrogen) atoms. The average molecular weight is 352 g/mol. The van der Waals surface area contributed by atoms with Gasteiger partial charge >= 0.3 is 0 Å². The van der Waals surface area contributed by atoms with Crippen molar-refractivity contribution in [2.24, 2.45) is 0 Å². The molecule has 3 aromatic rings. The lowest BCUT2D eigenvalue weighted by Gasteiger charge is -2.15. The average Bonchev–Trinajstić information content (AvgIpc) is 3.05. The Kier molecular flexibility index (Phi) is 5.41. The van der Waals surface area contributed by atoms with Crippen LogP contribution in [0.1, 0.15) is 41.3 Å². The number of hydrogen-bond acceptors (Lipinski definition) is 3. The predicted molar refractivity (Wildman–Crippen MR) is 97.9 cm³/mol. The molecule has 0 spiro atoms. The van der Waals surface area contributed by atoms with Gasteiger partial charge in [-0.25, -0.2) is 14.1 Å². The number of nitrogens with one attached hydrogen (secondary N) is 1. The molecule has 2 aromatic carbocycles. The van der Waals surface area contributed by atoms with E-state index in [9.17, 15) is 9.18 Å². The van der Waals surface area contributed by atoms with E-state index >= 15 is 0 Å². The van der Waals surface area contributed by atoms with E-state index < -0.39 is 0 Å². The lowest BCUT2D eigenvalue weighted by molar-refractivity contribution is 0.0940. The molecule has 0 saturated heterocycles. The quantitative estimate of drug-likeness (QED) is 0.737. The van der Waals surface area contributed by atoms with Crippen molar-refractivity contribution in [1.82, 2.24) is 20.1 Å². The van der Waals surface area contributed by atoms with E-state index in [1.165, 1.54) is 22.4 Å². The summed E-state index contributed by atoms with van der Waals surface area (Å²) in [7, 11) is 0. The minimum Gasteiger partial charge on any atom is -0.349 e. The van der Waals surface area contributed by atoms with Gasteiger partial charge in [-0.3, -0.25) is 4.79 Å². The van der Waals surface area contributed by atoms with Crippen molar-refractivity contribution in [3.63, 3.8) is 0 Å². The molecular formula is C20H21FN4O. The van der Waals surface area contributed by atoms with Gasteiger partial charge in [-0.15, -0.1) is 5.10 Å². The normalized spacial score (nSPS) is 12.0. The zero-order chi connectivity index (χ0) is 18.5. The molecule has 0 aliphatic heterocycles. The van der Waals surface area contributed by atoms with Gasteiger partial charge in [0, 0.05) is 12.5 Å². The van der Waals surface area contributed by atoms with Gasteiger partial charge in [0.1, 0.15) is 11.6 Å². The molecule has 1 N–H and O–H groups in total. The van der Waals surface area contributed by atoms with Crippen LogP contribution in [-0.4, -0.2) is 27.2 Å². The van der Waals surface area contributed by atoms with E-state index in [-0.39, 0.29) is 23.5 Å². The molecule has 134 valence electrons. The largest absolute Gasteiger partial charge is 0.349 e. The zero-order valence-corrected chi connectivity index (χ0v) is 14.8. The number of halogens is 1. The van der Waals surface area contributed by atoms with Crippen LogP contribution in [-0.2, 0) is 0 Å². The standard InChI is InChI=1S/C20H21FN4O/c1-3-15(16-7-5-4-6-8-16)13-22-20(26)19-23-14(2)25(24-19)18-11-9-17(21)10-12-18/h4-12,15H,3,13H2,1-2H3,(H,22,26)/t15-/m0/s1. The first kappa shape index (κ1) is 17.8. The van der Waals surface area contributed by atoms with Crippen LogP contribution in [0.5, 0.6) is 0 Å². The molecule has 0 saturated carbocycles. The van der Waals surface area contributed by atoms with Gasteiger partial charge < -0.3 is 5.32 Å². The van der Waals surface area contributed by atoms with Gasteiger partial charge in [0.15, 0.2) is 0 Å². The van der Waals surface area contributed by atoms with Crippen LogP contribution >= 0.6 is 0 Å². The summed E-state index contributed by atoms with van der Waals surface area (Å²) in [5, 5.41) is 7.17. The summed E-state index contributed by atoms with van der Waals surface area (Å²) in [5.74, 6) is 0.270. The maximum atomic E-state index is 13.1. The molecule has 6 heteroatoms. The fourth-order valence-electron chi connectivity index (χ4n) is 2.83. The topological polar surface area (TPSA) is 59.8 Å². The second kappa shape index (κ2) is 7.91. The maximum Gasteiger partial charge on any atom is 0.291 e. The molecular weight excluding hydrogens is 331 g/mol. The third kappa shape index (κ3) is 3.96. The third-order valence-electron chi connectivity index (χ3n) is 4.32. The Labute approximate surface area is 151 Å². The summed E-state index contributed by atoms with van der Waals surface area (Å²) in [4.78, 5) is 16.7. The van der Waals surface area contributed by atoms with Gasteiger partial charge in [-0.1, -0.05) is 37.3 Å². The summed E-state index contributed by atoms with van der Waals surface area (Å²) in [6.07, 6.45) is 0.917.